The highest BCUT2D eigenvalue weighted by molar-refractivity contribution is 7.80. The first-order valence-electron chi connectivity index (χ1n) is 7.54. The van der Waals surface area contributed by atoms with E-state index in [0.29, 0.717) is 33.2 Å². The summed E-state index contributed by atoms with van der Waals surface area (Å²) in [4.78, 5) is 0. The zero-order valence-corrected chi connectivity index (χ0v) is 15.7. The van der Waals surface area contributed by atoms with Gasteiger partial charge in [0.05, 0.1) is 24.9 Å². The molecule has 24 heavy (non-hydrogen) atoms. The molecule has 0 spiro atoms. The molecule has 0 bridgehead atoms. The van der Waals surface area contributed by atoms with Gasteiger partial charge in [-0.3, -0.25) is 0 Å². The molecule has 0 radical (unpaired) electrons. The van der Waals surface area contributed by atoms with Crippen molar-refractivity contribution in [1.82, 2.24) is 0 Å². The predicted octanol–water partition coefficient (Wildman–Crippen LogP) is 5.29. The molecule has 0 unspecified atom stereocenters. The minimum absolute atomic E-state index is 0.451. The number of hydrogen-bond donors (Lipinski definition) is 2. The van der Waals surface area contributed by atoms with E-state index in [1.165, 1.54) is 5.56 Å². The molecule has 0 saturated carbocycles. The van der Waals surface area contributed by atoms with Crippen LogP contribution in [0, 0.1) is 0 Å². The van der Waals surface area contributed by atoms with E-state index >= 15 is 0 Å². The fourth-order valence-corrected chi connectivity index (χ4v) is 2.66. The highest BCUT2D eigenvalue weighted by atomic mass is 35.5. The van der Waals surface area contributed by atoms with E-state index in [1.807, 2.05) is 12.1 Å². The topological polar surface area (TPSA) is 42.5 Å². The van der Waals surface area contributed by atoms with E-state index in [9.17, 15) is 0 Å². The molecular weight excluding hydrogens is 344 g/mol. The molecule has 4 nitrogen and oxygen atoms in total. The molecule has 0 aliphatic rings. The van der Waals surface area contributed by atoms with Gasteiger partial charge in [0.1, 0.15) is 11.5 Å². The van der Waals surface area contributed by atoms with Gasteiger partial charge in [0.25, 0.3) is 0 Å². The lowest BCUT2D eigenvalue weighted by Crippen LogP contribution is -2.19. The Balaban J connectivity index is 2.10. The molecule has 0 atom stereocenters. The SMILES string of the molecule is COc1cc(OC)c(NC(=S)Nc2ccc(C(C)C)cc2)cc1Cl. The van der Waals surface area contributed by atoms with Gasteiger partial charge in [-0.25, -0.2) is 0 Å². The summed E-state index contributed by atoms with van der Waals surface area (Å²) in [6.45, 7) is 4.32. The van der Waals surface area contributed by atoms with Crippen LogP contribution in [0.3, 0.4) is 0 Å². The minimum atomic E-state index is 0.451. The maximum atomic E-state index is 6.16. The number of rotatable bonds is 5. The van der Waals surface area contributed by atoms with Crippen molar-refractivity contribution >= 4 is 40.3 Å². The summed E-state index contributed by atoms with van der Waals surface area (Å²) in [6, 6.07) is 11.6. The van der Waals surface area contributed by atoms with Crippen LogP contribution in [0.2, 0.25) is 5.02 Å². The monoisotopic (exact) mass is 364 g/mol. The first-order chi connectivity index (χ1) is 11.4. The van der Waals surface area contributed by atoms with Gasteiger partial charge in [-0.15, -0.1) is 0 Å². The second-order valence-corrected chi connectivity index (χ2v) is 6.36. The van der Waals surface area contributed by atoms with Crippen LogP contribution in [0.5, 0.6) is 11.5 Å². The Kier molecular flexibility index (Phi) is 6.29. The molecule has 0 fully saturated rings. The Morgan fingerprint density at radius 1 is 1.00 bits per heavy atom. The van der Waals surface area contributed by atoms with Crippen molar-refractivity contribution in [2.75, 3.05) is 24.9 Å². The first-order valence-corrected chi connectivity index (χ1v) is 8.32. The summed E-state index contributed by atoms with van der Waals surface area (Å²) in [6.07, 6.45) is 0. The molecule has 6 heteroatoms. The van der Waals surface area contributed by atoms with Crippen LogP contribution >= 0.6 is 23.8 Å². The van der Waals surface area contributed by atoms with Crippen molar-refractivity contribution in [3.8, 4) is 11.5 Å². The molecule has 0 aromatic heterocycles. The van der Waals surface area contributed by atoms with Crippen LogP contribution < -0.4 is 20.1 Å². The maximum absolute atomic E-state index is 6.16. The Morgan fingerprint density at radius 3 is 2.17 bits per heavy atom. The van der Waals surface area contributed by atoms with Crippen molar-refractivity contribution in [3.05, 3.63) is 47.0 Å². The van der Waals surface area contributed by atoms with Gasteiger partial charge < -0.3 is 20.1 Å². The summed E-state index contributed by atoms with van der Waals surface area (Å²) >= 11 is 11.5. The fraction of sp³-hybridized carbons (Fsp3) is 0.278. The van der Waals surface area contributed by atoms with Gasteiger partial charge in [-0.1, -0.05) is 37.6 Å². The number of thiocarbonyl (C=S) groups is 1. The average molecular weight is 365 g/mol. The highest BCUT2D eigenvalue weighted by Crippen LogP contribution is 2.35. The van der Waals surface area contributed by atoms with Crippen LogP contribution in [0.25, 0.3) is 0 Å². The largest absolute Gasteiger partial charge is 0.495 e. The number of ether oxygens (including phenoxy) is 2. The molecule has 0 aliphatic carbocycles. The van der Waals surface area contributed by atoms with Crippen molar-refractivity contribution in [1.29, 1.82) is 0 Å². The molecule has 0 heterocycles. The maximum Gasteiger partial charge on any atom is 0.175 e. The zero-order valence-electron chi connectivity index (χ0n) is 14.1. The molecule has 2 rings (SSSR count). The molecule has 2 aromatic rings. The number of methoxy groups -OCH3 is 2. The van der Waals surface area contributed by atoms with Crippen LogP contribution in [0.4, 0.5) is 11.4 Å². The lowest BCUT2D eigenvalue weighted by atomic mass is 10.0. The number of hydrogen-bond acceptors (Lipinski definition) is 3. The average Bonchev–Trinajstić information content (AvgIpc) is 2.55. The predicted molar refractivity (Wildman–Crippen MR) is 105 cm³/mol. The third-order valence-electron chi connectivity index (χ3n) is 3.56. The lowest BCUT2D eigenvalue weighted by Gasteiger charge is -2.15. The summed E-state index contributed by atoms with van der Waals surface area (Å²) in [5.41, 5.74) is 2.86. The van der Waals surface area contributed by atoms with Gasteiger partial charge >= 0.3 is 0 Å². The summed E-state index contributed by atoms with van der Waals surface area (Å²) in [5, 5.41) is 7.17. The van der Waals surface area contributed by atoms with E-state index in [0.717, 1.165) is 5.69 Å². The van der Waals surface area contributed by atoms with Crippen LogP contribution in [-0.4, -0.2) is 19.3 Å². The molecule has 0 saturated heterocycles. The van der Waals surface area contributed by atoms with Crippen molar-refractivity contribution in [2.45, 2.75) is 19.8 Å². The third kappa shape index (κ3) is 4.52. The second kappa shape index (κ2) is 8.22. The van der Waals surface area contributed by atoms with E-state index in [-0.39, 0.29) is 0 Å². The summed E-state index contributed by atoms with van der Waals surface area (Å²) in [5.74, 6) is 1.63. The van der Waals surface area contributed by atoms with Crippen molar-refractivity contribution < 1.29 is 9.47 Å². The Labute approximate surface area is 153 Å². The zero-order chi connectivity index (χ0) is 17.7. The quantitative estimate of drug-likeness (QED) is 0.705. The molecule has 2 N–H and O–H groups in total. The minimum Gasteiger partial charge on any atom is -0.495 e. The Morgan fingerprint density at radius 2 is 1.62 bits per heavy atom. The molecule has 0 amide bonds. The molecule has 128 valence electrons. The number of halogens is 1. The van der Waals surface area contributed by atoms with Crippen molar-refractivity contribution in [2.24, 2.45) is 0 Å². The number of anilines is 2. The van der Waals surface area contributed by atoms with E-state index in [1.54, 1.807) is 26.4 Å². The normalized spacial score (nSPS) is 10.4. The summed E-state index contributed by atoms with van der Waals surface area (Å²) in [7, 11) is 3.13. The summed E-state index contributed by atoms with van der Waals surface area (Å²) < 4.78 is 10.5. The molecule has 2 aromatic carbocycles. The Bertz CT molecular complexity index is 718. The van der Waals surface area contributed by atoms with Gasteiger partial charge in [0.15, 0.2) is 5.11 Å². The number of nitrogens with one attached hydrogen (secondary N) is 2. The number of benzene rings is 2. The smallest absolute Gasteiger partial charge is 0.175 e. The van der Waals surface area contributed by atoms with E-state index in [2.05, 4.69) is 36.6 Å². The Hall–Kier alpha value is -1.98. The highest BCUT2D eigenvalue weighted by Gasteiger charge is 2.11. The van der Waals surface area contributed by atoms with Gasteiger partial charge in [0, 0.05) is 11.8 Å². The van der Waals surface area contributed by atoms with Crippen LogP contribution in [0.1, 0.15) is 25.3 Å². The third-order valence-corrected chi connectivity index (χ3v) is 4.06. The van der Waals surface area contributed by atoms with Crippen LogP contribution in [-0.2, 0) is 0 Å². The van der Waals surface area contributed by atoms with Gasteiger partial charge in [-0.05, 0) is 41.9 Å². The van der Waals surface area contributed by atoms with Gasteiger partial charge in [0.2, 0.25) is 0 Å². The molecule has 0 aliphatic heterocycles. The van der Waals surface area contributed by atoms with E-state index < -0.39 is 0 Å². The standard InChI is InChI=1S/C18H21ClN2O2S/c1-11(2)12-5-7-13(8-6-12)20-18(24)21-15-9-14(19)16(22-3)10-17(15)23-4/h5-11H,1-4H3,(H2,20,21,24). The van der Waals surface area contributed by atoms with Crippen LogP contribution in [0.15, 0.2) is 36.4 Å². The second-order valence-electron chi connectivity index (χ2n) is 5.54. The lowest BCUT2D eigenvalue weighted by molar-refractivity contribution is 0.396. The molecular formula is C18H21ClN2O2S. The first kappa shape index (κ1) is 18.4. The fourth-order valence-electron chi connectivity index (χ4n) is 2.19. The van der Waals surface area contributed by atoms with Crippen molar-refractivity contribution in [3.63, 3.8) is 0 Å². The van der Waals surface area contributed by atoms with E-state index in [4.69, 9.17) is 33.3 Å². The van der Waals surface area contributed by atoms with Gasteiger partial charge in [-0.2, -0.15) is 0 Å².